The first kappa shape index (κ1) is 14.3. The normalized spacial score (nSPS) is 12.1. The zero-order chi connectivity index (χ0) is 15.2. The van der Waals surface area contributed by atoms with E-state index in [9.17, 15) is 4.79 Å². The molecule has 4 N–H and O–H groups in total. The molecule has 0 radical (unpaired) electrons. The lowest BCUT2D eigenvalue weighted by molar-refractivity contribution is -0.119. The molecule has 0 bridgehead atoms. The number of primary amides is 1. The minimum absolute atomic E-state index is 0.236. The molecule has 0 fully saturated rings. The predicted octanol–water partition coefficient (Wildman–Crippen LogP) is 1.55. The SMILES string of the molecule is Cc1nc(N)c2c(C)c(C)n(C(C)(C)CC(N)=O)c2n1. The Balaban J connectivity index is 2.83. The smallest absolute Gasteiger partial charge is 0.219 e. The van der Waals surface area contributed by atoms with Gasteiger partial charge in [-0.3, -0.25) is 4.79 Å². The number of nitrogens with two attached hydrogens (primary N) is 2. The molecule has 108 valence electrons. The predicted molar refractivity (Wildman–Crippen MR) is 79.3 cm³/mol. The van der Waals surface area contributed by atoms with Crippen molar-refractivity contribution in [1.82, 2.24) is 14.5 Å². The molecule has 0 saturated carbocycles. The summed E-state index contributed by atoms with van der Waals surface area (Å²) in [5.41, 5.74) is 13.8. The van der Waals surface area contributed by atoms with Gasteiger partial charge in [0.25, 0.3) is 0 Å². The van der Waals surface area contributed by atoms with Crippen molar-refractivity contribution in [2.45, 2.75) is 46.6 Å². The maximum absolute atomic E-state index is 11.3. The van der Waals surface area contributed by atoms with Crippen LogP contribution in [-0.4, -0.2) is 20.4 Å². The van der Waals surface area contributed by atoms with Crippen LogP contribution in [-0.2, 0) is 10.3 Å². The van der Waals surface area contributed by atoms with Gasteiger partial charge in [0.05, 0.1) is 5.39 Å². The highest BCUT2D eigenvalue weighted by Gasteiger charge is 2.29. The zero-order valence-electron chi connectivity index (χ0n) is 12.6. The molecular weight excluding hydrogens is 254 g/mol. The number of rotatable bonds is 3. The zero-order valence-corrected chi connectivity index (χ0v) is 12.6. The summed E-state index contributed by atoms with van der Waals surface area (Å²) >= 11 is 0. The Morgan fingerprint density at radius 3 is 2.40 bits per heavy atom. The van der Waals surface area contributed by atoms with Gasteiger partial charge in [-0.15, -0.1) is 0 Å². The van der Waals surface area contributed by atoms with Crippen LogP contribution in [0.1, 0.15) is 37.4 Å². The number of hydrogen-bond acceptors (Lipinski definition) is 4. The van der Waals surface area contributed by atoms with Gasteiger partial charge in [0, 0.05) is 17.7 Å². The fourth-order valence-corrected chi connectivity index (χ4v) is 2.85. The molecule has 0 atom stereocenters. The van der Waals surface area contributed by atoms with Crippen molar-refractivity contribution in [2.75, 3.05) is 5.73 Å². The van der Waals surface area contributed by atoms with Crippen LogP contribution in [0.5, 0.6) is 0 Å². The average Bonchev–Trinajstić information content (AvgIpc) is 2.49. The van der Waals surface area contributed by atoms with E-state index in [-0.39, 0.29) is 12.3 Å². The standard InChI is InChI=1S/C14H21N5O/c1-7-8(2)19(14(4,5)6-10(15)20)13-11(7)12(16)17-9(3)18-13/h6H2,1-5H3,(H2,15,20)(H2,16,17,18). The lowest BCUT2D eigenvalue weighted by atomic mass is 9.99. The van der Waals surface area contributed by atoms with Crippen LogP contribution in [0.3, 0.4) is 0 Å². The first-order valence-electron chi connectivity index (χ1n) is 6.55. The molecule has 0 aliphatic carbocycles. The van der Waals surface area contributed by atoms with Crippen LogP contribution in [0, 0.1) is 20.8 Å². The number of amides is 1. The maximum atomic E-state index is 11.3. The van der Waals surface area contributed by atoms with Gasteiger partial charge in [0.2, 0.25) is 5.91 Å². The van der Waals surface area contributed by atoms with Crippen molar-refractivity contribution in [3.05, 3.63) is 17.1 Å². The summed E-state index contributed by atoms with van der Waals surface area (Å²) in [7, 11) is 0. The quantitative estimate of drug-likeness (QED) is 0.887. The highest BCUT2D eigenvalue weighted by Crippen LogP contribution is 2.34. The Hall–Kier alpha value is -2.11. The monoisotopic (exact) mass is 275 g/mol. The molecule has 2 aromatic heterocycles. The largest absolute Gasteiger partial charge is 0.383 e. The van der Waals surface area contributed by atoms with E-state index in [2.05, 4.69) is 9.97 Å². The molecule has 2 heterocycles. The third-order valence-electron chi connectivity index (χ3n) is 3.71. The molecule has 0 aliphatic heterocycles. The summed E-state index contributed by atoms with van der Waals surface area (Å²) in [6.45, 7) is 9.73. The number of aryl methyl sites for hydroxylation is 2. The first-order valence-corrected chi connectivity index (χ1v) is 6.55. The van der Waals surface area contributed by atoms with Gasteiger partial charge in [-0.05, 0) is 40.2 Å². The van der Waals surface area contributed by atoms with E-state index in [0.29, 0.717) is 11.6 Å². The van der Waals surface area contributed by atoms with E-state index in [1.807, 2.05) is 32.3 Å². The molecule has 2 rings (SSSR count). The Morgan fingerprint density at radius 1 is 1.25 bits per heavy atom. The highest BCUT2D eigenvalue weighted by molar-refractivity contribution is 5.91. The third kappa shape index (κ3) is 2.11. The fourth-order valence-electron chi connectivity index (χ4n) is 2.85. The van der Waals surface area contributed by atoms with E-state index in [0.717, 1.165) is 22.3 Å². The van der Waals surface area contributed by atoms with Crippen LogP contribution in [0.15, 0.2) is 0 Å². The van der Waals surface area contributed by atoms with E-state index < -0.39 is 5.54 Å². The molecule has 0 spiro atoms. The van der Waals surface area contributed by atoms with Crippen LogP contribution in [0.4, 0.5) is 5.82 Å². The van der Waals surface area contributed by atoms with Crippen LogP contribution in [0.25, 0.3) is 11.0 Å². The van der Waals surface area contributed by atoms with Gasteiger partial charge in [0.15, 0.2) is 0 Å². The topological polar surface area (TPSA) is 99.8 Å². The van der Waals surface area contributed by atoms with Crippen molar-refractivity contribution < 1.29 is 4.79 Å². The van der Waals surface area contributed by atoms with Crippen molar-refractivity contribution in [1.29, 1.82) is 0 Å². The van der Waals surface area contributed by atoms with Gasteiger partial charge in [-0.1, -0.05) is 0 Å². The molecule has 1 amide bonds. The second-order valence-electron chi connectivity index (χ2n) is 5.86. The molecule has 2 aromatic rings. The van der Waals surface area contributed by atoms with E-state index >= 15 is 0 Å². The summed E-state index contributed by atoms with van der Waals surface area (Å²) < 4.78 is 2.04. The van der Waals surface area contributed by atoms with Crippen molar-refractivity contribution in [2.24, 2.45) is 5.73 Å². The summed E-state index contributed by atoms with van der Waals surface area (Å²) in [5, 5.41) is 0.852. The van der Waals surface area contributed by atoms with Gasteiger partial charge in [-0.25, -0.2) is 9.97 Å². The minimum atomic E-state index is -0.463. The average molecular weight is 275 g/mol. The van der Waals surface area contributed by atoms with E-state index in [4.69, 9.17) is 11.5 Å². The summed E-state index contributed by atoms with van der Waals surface area (Å²) in [6, 6.07) is 0. The Kier molecular flexibility index (Phi) is 3.20. The van der Waals surface area contributed by atoms with Crippen molar-refractivity contribution in [3.63, 3.8) is 0 Å². The lowest BCUT2D eigenvalue weighted by Crippen LogP contribution is -2.33. The maximum Gasteiger partial charge on any atom is 0.219 e. The molecule has 20 heavy (non-hydrogen) atoms. The molecule has 6 heteroatoms. The summed E-state index contributed by atoms with van der Waals surface area (Å²) in [4.78, 5) is 20.1. The summed E-state index contributed by atoms with van der Waals surface area (Å²) in [5.74, 6) is 0.748. The van der Waals surface area contributed by atoms with Gasteiger partial charge in [-0.2, -0.15) is 0 Å². The number of nitrogens with zero attached hydrogens (tertiary/aromatic N) is 3. The second kappa shape index (κ2) is 4.47. The molecule has 0 unspecified atom stereocenters. The van der Waals surface area contributed by atoms with Crippen LogP contribution >= 0.6 is 0 Å². The second-order valence-corrected chi connectivity index (χ2v) is 5.86. The van der Waals surface area contributed by atoms with Crippen molar-refractivity contribution in [3.8, 4) is 0 Å². The minimum Gasteiger partial charge on any atom is -0.383 e. The molecule has 0 saturated heterocycles. The molecule has 6 nitrogen and oxygen atoms in total. The van der Waals surface area contributed by atoms with Crippen LogP contribution in [0.2, 0.25) is 0 Å². The number of carbonyl (C=O) groups excluding carboxylic acids is 1. The third-order valence-corrected chi connectivity index (χ3v) is 3.71. The molecule has 0 aliphatic rings. The fraction of sp³-hybridized carbons (Fsp3) is 0.500. The number of carbonyl (C=O) groups is 1. The van der Waals surface area contributed by atoms with Crippen molar-refractivity contribution >= 4 is 22.8 Å². The Morgan fingerprint density at radius 2 is 1.85 bits per heavy atom. The molecule has 0 aromatic carbocycles. The number of anilines is 1. The van der Waals surface area contributed by atoms with Gasteiger partial charge in [0.1, 0.15) is 17.3 Å². The lowest BCUT2D eigenvalue weighted by Gasteiger charge is -2.28. The van der Waals surface area contributed by atoms with E-state index in [1.54, 1.807) is 6.92 Å². The van der Waals surface area contributed by atoms with Crippen LogP contribution < -0.4 is 11.5 Å². The summed E-state index contributed by atoms with van der Waals surface area (Å²) in [6.07, 6.45) is 0.236. The van der Waals surface area contributed by atoms with Gasteiger partial charge >= 0.3 is 0 Å². The number of hydrogen-bond donors (Lipinski definition) is 2. The number of fused-ring (bicyclic) bond motifs is 1. The number of nitrogen functional groups attached to an aromatic ring is 1. The highest BCUT2D eigenvalue weighted by atomic mass is 16.1. The van der Waals surface area contributed by atoms with E-state index in [1.165, 1.54) is 0 Å². The molecular formula is C14H21N5O. The Bertz CT molecular complexity index is 699. The van der Waals surface area contributed by atoms with Gasteiger partial charge < -0.3 is 16.0 Å². The first-order chi connectivity index (χ1) is 9.15. The Labute approximate surface area is 118 Å². The number of aromatic nitrogens is 3.